The van der Waals surface area contributed by atoms with Crippen LogP contribution >= 0.6 is 23.2 Å². The number of aromatic nitrogens is 3. The van der Waals surface area contributed by atoms with E-state index in [1.165, 1.54) is 12.8 Å². The highest BCUT2D eigenvalue weighted by atomic mass is 35.5. The molecule has 156 valence electrons. The van der Waals surface area contributed by atoms with E-state index in [9.17, 15) is 4.79 Å². The van der Waals surface area contributed by atoms with Gasteiger partial charge in [-0.2, -0.15) is 5.10 Å². The van der Waals surface area contributed by atoms with Crippen LogP contribution in [0.15, 0.2) is 48.7 Å². The first kappa shape index (κ1) is 20.7. The van der Waals surface area contributed by atoms with Gasteiger partial charge in [0.25, 0.3) is 5.91 Å². The largest absolute Gasteiger partial charge is 0.482 e. The topological polar surface area (TPSA) is 69.0 Å². The van der Waals surface area contributed by atoms with Gasteiger partial charge >= 0.3 is 0 Å². The van der Waals surface area contributed by atoms with E-state index in [0.717, 1.165) is 29.9 Å². The molecule has 1 saturated carbocycles. The molecule has 1 aliphatic rings. The maximum atomic E-state index is 12.2. The number of hydrogen-bond acceptors (Lipinski definition) is 4. The summed E-state index contributed by atoms with van der Waals surface area (Å²) in [6.45, 7) is 0.174. The molecule has 8 heteroatoms. The van der Waals surface area contributed by atoms with Gasteiger partial charge in [-0.3, -0.25) is 14.5 Å². The van der Waals surface area contributed by atoms with E-state index >= 15 is 0 Å². The van der Waals surface area contributed by atoms with Crippen LogP contribution in [0.3, 0.4) is 0 Å². The summed E-state index contributed by atoms with van der Waals surface area (Å²) in [6, 6.07) is 13.1. The summed E-state index contributed by atoms with van der Waals surface area (Å²) in [5.74, 6) is 0.162. The van der Waals surface area contributed by atoms with Crippen LogP contribution in [-0.4, -0.2) is 27.3 Å². The summed E-state index contributed by atoms with van der Waals surface area (Å²) in [4.78, 5) is 16.7. The van der Waals surface area contributed by atoms with Crippen molar-refractivity contribution in [1.82, 2.24) is 20.1 Å². The minimum absolute atomic E-state index is 0.141. The average Bonchev–Trinajstić information content (AvgIpc) is 3.42. The van der Waals surface area contributed by atoms with Crippen LogP contribution in [0.5, 0.6) is 5.75 Å². The molecule has 6 nitrogen and oxygen atoms in total. The molecule has 4 rings (SSSR count). The van der Waals surface area contributed by atoms with E-state index in [4.69, 9.17) is 33.0 Å². The van der Waals surface area contributed by atoms with Crippen LogP contribution in [0.4, 0.5) is 0 Å². The highest BCUT2D eigenvalue weighted by Crippen LogP contribution is 2.33. The quantitative estimate of drug-likeness (QED) is 0.552. The molecule has 0 bridgehead atoms. The zero-order chi connectivity index (χ0) is 20.9. The molecular weight excluding hydrogens is 423 g/mol. The number of benzene rings is 1. The third-order valence-electron chi connectivity index (χ3n) is 5.10. The van der Waals surface area contributed by atoms with Crippen LogP contribution < -0.4 is 10.1 Å². The van der Waals surface area contributed by atoms with Crippen LogP contribution in [0.2, 0.25) is 10.0 Å². The Morgan fingerprint density at radius 2 is 2.00 bits per heavy atom. The number of carbonyl (C=O) groups excluding carboxylic acids is 1. The fraction of sp³-hybridized carbons (Fsp3) is 0.318. The van der Waals surface area contributed by atoms with Crippen LogP contribution in [0, 0.1) is 0 Å². The second-order valence-electron chi connectivity index (χ2n) is 7.26. The van der Waals surface area contributed by atoms with Gasteiger partial charge in [0.2, 0.25) is 0 Å². The standard InChI is InChI=1S/C22H22Cl2N4O2/c23-15-8-9-21(18(24)11-15)30-14-22(29)26-13-16-12-20(19-7-3-4-10-25-19)28(27-16)17-5-1-2-6-17/h3-4,7-12,17H,1-2,5-6,13-14H2,(H,26,29). The SMILES string of the molecule is O=C(COc1ccc(Cl)cc1Cl)NCc1cc(-c2ccccn2)n(C2CCCC2)n1. The maximum absolute atomic E-state index is 12.2. The van der Waals surface area contributed by atoms with Gasteiger partial charge in [0.1, 0.15) is 5.75 Å². The Bertz CT molecular complexity index is 1020. The Balaban J connectivity index is 1.41. The smallest absolute Gasteiger partial charge is 0.258 e. The molecular formula is C22H22Cl2N4O2. The fourth-order valence-electron chi connectivity index (χ4n) is 3.64. The van der Waals surface area contributed by atoms with Crippen molar-refractivity contribution in [1.29, 1.82) is 0 Å². The van der Waals surface area contributed by atoms with Gasteiger partial charge in [0.15, 0.2) is 6.61 Å². The van der Waals surface area contributed by atoms with E-state index in [1.54, 1.807) is 24.4 Å². The Kier molecular flexibility index (Phi) is 6.55. The lowest BCUT2D eigenvalue weighted by Crippen LogP contribution is -2.28. The number of carbonyl (C=O) groups is 1. The lowest BCUT2D eigenvalue weighted by Gasteiger charge is -2.13. The van der Waals surface area contributed by atoms with Crippen molar-refractivity contribution in [3.8, 4) is 17.1 Å². The zero-order valence-electron chi connectivity index (χ0n) is 16.4. The number of pyridine rings is 1. The number of hydrogen-bond donors (Lipinski definition) is 1. The van der Waals surface area contributed by atoms with E-state index in [-0.39, 0.29) is 12.5 Å². The van der Waals surface area contributed by atoms with Crippen LogP contribution in [0.25, 0.3) is 11.4 Å². The summed E-state index contributed by atoms with van der Waals surface area (Å²) in [6.07, 6.45) is 6.43. The van der Waals surface area contributed by atoms with Gasteiger partial charge in [0.05, 0.1) is 34.7 Å². The van der Waals surface area contributed by atoms with Crippen molar-refractivity contribution in [3.05, 3.63) is 64.4 Å². The second kappa shape index (κ2) is 9.49. The van der Waals surface area contributed by atoms with Gasteiger partial charge in [-0.15, -0.1) is 0 Å². The van der Waals surface area contributed by atoms with Crippen molar-refractivity contribution in [2.45, 2.75) is 38.3 Å². The molecule has 30 heavy (non-hydrogen) atoms. The average molecular weight is 445 g/mol. The fourth-order valence-corrected chi connectivity index (χ4v) is 4.10. The Labute approximate surface area is 185 Å². The number of nitrogens with one attached hydrogen (secondary N) is 1. The highest BCUT2D eigenvalue weighted by molar-refractivity contribution is 6.35. The van der Waals surface area contributed by atoms with Crippen LogP contribution in [0.1, 0.15) is 37.4 Å². The number of nitrogens with zero attached hydrogens (tertiary/aromatic N) is 3. The van der Waals surface area contributed by atoms with E-state index in [1.807, 2.05) is 24.3 Å². The molecule has 1 amide bonds. The first-order valence-electron chi connectivity index (χ1n) is 9.94. The van der Waals surface area contributed by atoms with E-state index in [2.05, 4.69) is 15.0 Å². The predicted octanol–water partition coefficient (Wildman–Crippen LogP) is 5.06. The molecule has 3 aromatic rings. The molecule has 1 fully saturated rings. The number of ether oxygens (including phenoxy) is 1. The normalized spacial score (nSPS) is 14.1. The molecule has 2 aromatic heterocycles. The Hall–Kier alpha value is -2.57. The van der Waals surface area contributed by atoms with Gasteiger partial charge in [-0.1, -0.05) is 42.1 Å². The van der Waals surface area contributed by atoms with Gasteiger partial charge in [0, 0.05) is 11.2 Å². The third kappa shape index (κ3) is 4.94. The Morgan fingerprint density at radius 3 is 2.73 bits per heavy atom. The number of halogens is 2. The number of rotatable bonds is 7. The summed E-state index contributed by atoms with van der Waals surface area (Å²) < 4.78 is 7.55. The monoisotopic (exact) mass is 444 g/mol. The third-order valence-corrected chi connectivity index (χ3v) is 5.63. The van der Waals surface area contributed by atoms with E-state index in [0.29, 0.717) is 28.4 Å². The molecule has 2 heterocycles. The molecule has 0 spiro atoms. The van der Waals surface area contributed by atoms with Gasteiger partial charge in [-0.25, -0.2) is 0 Å². The van der Waals surface area contributed by atoms with Gasteiger partial charge in [-0.05, 0) is 49.2 Å². The first-order chi connectivity index (χ1) is 14.6. The van der Waals surface area contributed by atoms with Crippen molar-refractivity contribution >= 4 is 29.1 Å². The molecule has 0 unspecified atom stereocenters. The molecule has 1 aliphatic carbocycles. The lowest BCUT2D eigenvalue weighted by molar-refractivity contribution is -0.123. The van der Waals surface area contributed by atoms with Crippen LogP contribution in [-0.2, 0) is 11.3 Å². The summed E-state index contributed by atoms with van der Waals surface area (Å²) >= 11 is 11.9. The molecule has 0 saturated heterocycles. The minimum Gasteiger partial charge on any atom is -0.482 e. The summed E-state index contributed by atoms with van der Waals surface area (Å²) in [5, 5.41) is 8.50. The molecule has 0 atom stereocenters. The van der Waals surface area contributed by atoms with Crippen molar-refractivity contribution in [3.63, 3.8) is 0 Å². The molecule has 0 radical (unpaired) electrons. The summed E-state index contributed by atoms with van der Waals surface area (Å²) in [7, 11) is 0. The summed E-state index contributed by atoms with van der Waals surface area (Å²) in [5.41, 5.74) is 2.66. The van der Waals surface area contributed by atoms with Crippen molar-refractivity contribution < 1.29 is 9.53 Å². The molecule has 1 N–H and O–H groups in total. The molecule has 1 aromatic carbocycles. The Morgan fingerprint density at radius 1 is 1.17 bits per heavy atom. The van der Waals surface area contributed by atoms with Gasteiger partial charge < -0.3 is 10.1 Å². The lowest BCUT2D eigenvalue weighted by atomic mass is 10.2. The molecule has 0 aliphatic heterocycles. The second-order valence-corrected chi connectivity index (χ2v) is 8.10. The van der Waals surface area contributed by atoms with E-state index < -0.39 is 0 Å². The van der Waals surface area contributed by atoms with Crippen molar-refractivity contribution in [2.24, 2.45) is 0 Å². The number of amides is 1. The highest BCUT2D eigenvalue weighted by Gasteiger charge is 2.22. The van der Waals surface area contributed by atoms with Crippen molar-refractivity contribution in [2.75, 3.05) is 6.61 Å². The maximum Gasteiger partial charge on any atom is 0.258 e. The zero-order valence-corrected chi connectivity index (χ0v) is 17.9. The predicted molar refractivity (Wildman–Crippen MR) is 117 cm³/mol. The minimum atomic E-state index is -0.254. The first-order valence-corrected chi connectivity index (χ1v) is 10.7.